The highest BCUT2D eigenvalue weighted by Crippen LogP contribution is 2.32. The summed E-state index contributed by atoms with van der Waals surface area (Å²) in [6.07, 6.45) is 8.14. The van der Waals surface area contributed by atoms with Gasteiger partial charge in [-0.3, -0.25) is 0 Å². The Labute approximate surface area is 123 Å². The Kier molecular flexibility index (Phi) is 7.20. The molecule has 0 aliphatic heterocycles. The second-order valence-corrected chi connectivity index (χ2v) is 5.50. The molecule has 0 fully saturated rings. The first kappa shape index (κ1) is 16.6. The first-order chi connectivity index (χ1) is 9.60. The zero-order chi connectivity index (χ0) is 15.0. The number of nitrogens with zero attached hydrogens (tertiary/aromatic N) is 2. The zero-order valence-corrected chi connectivity index (χ0v) is 13.6. The summed E-state index contributed by atoms with van der Waals surface area (Å²) in [7, 11) is 5.73. The molecular weight excluding hydrogens is 250 g/mol. The van der Waals surface area contributed by atoms with Crippen molar-refractivity contribution in [2.75, 3.05) is 31.4 Å². The summed E-state index contributed by atoms with van der Waals surface area (Å²) < 4.78 is 5.38. The van der Waals surface area contributed by atoms with Crippen LogP contribution in [0.15, 0.2) is 12.3 Å². The van der Waals surface area contributed by atoms with E-state index in [1.54, 1.807) is 13.3 Å². The molecule has 1 heterocycles. The van der Waals surface area contributed by atoms with Crippen LogP contribution in [0.3, 0.4) is 0 Å². The maximum Gasteiger partial charge on any atom is 0.239 e. The van der Waals surface area contributed by atoms with Crippen molar-refractivity contribution in [3.8, 4) is 5.88 Å². The van der Waals surface area contributed by atoms with Crippen molar-refractivity contribution in [1.82, 2.24) is 4.98 Å². The quantitative estimate of drug-likeness (QED) is 0.695. The predicted octanol–water partition coefficient (Wildman–Crippen LogP) is 3.93. The molecule has 0 radical (unpaired) electrons. The van der Waals surface area contributed by atoms with Crippen LogP contribution in [0.25, 0.3) is 0 Å². The van der Waals surface area contributed by atoms with Gasteiger partial charge in [-0.2, -0.15) is 0 Å². The lowest BCUT2D eigenvalue weighted by molar-refractivity contribution is 0.399. The molecule has 0 aliphatic rings. The van der Waals surface area contributed by atoms with Crippen molar-refractivity contribution in [3.05, 3.63) is 12.3 Å². The first-order valence-corrected chi connectivity index (χ1v) is 7.57. The molecule has 1 unspecified atom stereocenters. The molecule has 4 heteroatoms. The van der Waals surface area contributed by atoms with Crippen LogP contribution >= 0.6 is 0 Å². The molecule has 1 rings (SSSR count). The average molecular weight is 279 g/mol. The lowest BCUT2D eigenvalue weighted by atomic mass is 10.1. The Morgan fingerprint density at radius 3 is 2.65 bits per heavy atom. The molecule has 0 amide bonds. The number of aromatic nitrogens is 1. The zero-order valence-electron chi connectivity index (χ0n) is 13.6. The number of rotatable bonds is 9. The van der Waals surface area contributed by atoms with Crippen molar-refractivity contribution >= 4 is 11.4 Å². The van der Waals surface area contributed by atoms with Gasteiger partial charge in [0.15, 0.2) is 0 Å². The minimum absolute atomic E-state index is 0.420. The number of ether oxygens (including phenoxy) is 1. The SMILES string of the molecule is CCCCCCC(C)Nc1c(N(C)C)ccnc1OC. The van der Waals surface area contributed by atoms with Gasteiger partial charge < -0.3 is 15.0 Å². The van der Waals surface area contributed by atoms with Crippen LogP contribution in [0.5, 0.6) is 5.88 Å². The molecule has 4 nitrogen and oxygen atoms in total. The van der Waals surface area contributed by atoms with E-state index in [-0.39, 0.29) is 0 Å². The molecule has 1 atom stereocenters. The average Bonchev–Trinajstić information content (AvgIpc) is 2.43. The van der Waals surface area contributed by atoms with Crippen molar-refractivity contribution in [2.24, 2.45) is 0 Å². The number of nitrogens with one attached hydrogen (secondary N) is 1. The van der Waals surface area contributed by atoms with E-state index >= 15 is 0 Å². The van der Waals surface area contributed by atoms with Crippen molar-refractivity contribution in [3.63, 3.8) is 0 Å². The maximum absolute atomic E-state index is 5.38. The lowest BCUT2D eigenvalue weighted by Crippen LogP contribution is -2.19. The van der Waals surface area contributed by atoms with E-state index in [0.717, 1.165) is 11.4 Å². The molecule has 1 aromatic rings. The van der Waals surface area contributed by atoms with Crippen molar-refractivity contribution < 1.29 is 4.74 Å². The molecule has 0 spiro atoms. The number of pyridine rings is 1. The van der Waals surface area contributed by atoms with Crippen LogP contribution < -0.4 is 15.0 Å². The Morgan fingerprint density at radius 2 is 2.05 bits per heavy atom. The third-order valence-corrected chi connectivity index (χ3v) is 3.45. The van der Waals surface area contributed by atoms with Crippen LogP contribution in [0, 0.1) is 0 Å². The van der Waals surface area contributed by atoms with Gasteiger partial charge in [-0.1, -0.05) is 32.6 Å². The summed E-state index contributed by atoms with van der Waals surface area (Å²) in [6.45, 7) is 4.46. The standard InChI is InChI=1S/C16H29N3O/c1-6-7-8-9-10-13(2)18-15-14(19(3)4)11-12-17-16(15)20-5/h11-13,18H,6-10H2,1-5H3. The van der Waals surface area contributed by atoms with Crippen LogP contribution in [0.4, 0.5) is 11.4 Å². The Hall–Kier alpha value is -1.45. The second-order valence-electron chi connectivity index (χ2n) is 5.50. The van der Waals surface area contributed by atoms with Crippen LogP contribution in [0.1, 0.15) is 46.0 Å². The molecule has 0 aliphatic carbocycles. The van der Waals surface area contributed by atoms with E-state index in [0.29, 0.717) is 11.9 Å². The fourth-order valence-electron chi connectivity index (χ4n) is 2.29. The minimum Gasteiger partial charge on any atom is -0.479 e. The number of unbranched alkanes of at least 4 members (excludes halogenated alkanes) is 3. The molecular formula is C16H29N3O. The van der Waals surface area contributed by atoms with Crippen molar-refractivity contribution in [2.45, 2.75) is 52.0 Å². The molecule has 0 saturated carbocycles. The minimum atomic E-state index is 0.420. The third-order valence-electron chi connectivity index (χ3n) is 3.45. The summed E-state index contributed by atoms with van der Waals surface area (Å²) in [5, 5.41) is 3.56. The molecule has 0 aromatic carbocycles. The highest BCUT2D eigenvalue weighted by atomic mass is 16.5. The lowest BCUT2D eigenvalue weighted by Gasteiger charge is -2.23. The van der Waals surface area contributed by atoms with E-state index in [4.69, 9.17) is 4.74 Å². The highest BCUT2D eigenvalue weighted by molar-refractivity contribution is 5.74. The monoisotopic (exact) mass is 279 g/mol. The fraction of sp³-hybridized carbons (Fsp3) is 0.688. The summed E-state index contributed by atoms with van der Waals surface area (Å²) in [4.78, 5) is 6.37. The van der Waals surface area contributed by atoms with Gasteiger partial charge in [0.2, 0.25) is 5.88 Å². The van der Waals surface area contributed by atoms with E-state index < -0.39 is 0 Å². The van der Waals surface area contributed by atoms with Crippen LogP contribution in [0.2, 0.25) is 0 Å². The van der Waals surface area contributed by atoms with E-state index in [9.17, 15) is 0 Å². The van der Waals surface area contributed by atoms with Gasteiger partial charge in [0, 0.05) is 26.3 Å². The number of hydrogen-bond acceptors (Lipinski definition) is 4. The maximum atomic E-state index is 5.38. The molecule has 114 valence electrons. The Bertz CT molecular complexity index is 393. The number of methoxy groups -OCH3 is 1. The van der Waals surface area contributed by atoms with E-state index in [2.05, 4.69) is 29.0 Å². The summed E-state index contributed by atoms with van der Waals surface area (Å²) in [5.41, 5.74) is 2.10. The molecule has 1 N–H and O–H groups in total. The Morgan fingerprint density at radius 1 is 1.30 bits per heavy atom. The smallest absolute Gasteiger partial charge is 0.239 e. The number of hydrogen-bond donors (Lipinski definition) is 1. The fourth-order valence-corrected chi connectivity index (χ4v) is 2.29. The number of anilines is 2. The normalized spacial score (nSPS) is 12.1. The first-order valence-electron chi connectivity index (χ1n) is 7.57. The topological polar surface area (TPSA) is 37.4 Å². The molecule has 20 heavy (non-hydrogen) atoms. The van der Waals surface area contributed by atoms with Gasteiger partial charge in [0.05, 0.1) is 12.8 Å². The summed E-state index contributed by atoms with van der Waals surface area (Å²) in [6, 6.07) is 2.43. The Balaban J connectivity index is 2.69. The summed E-state index contributed by atoms with van der Waals surface area (Å²) >= 11 is 0. The van der Waals surface area contributed by atoms with E-state index in [1.165, 1.54) is 32.1 Å². The van der Waals surface area contributed by atoms with Gasteiger partial charge in [-0.15, -0.1) is 0 Å². The van der Waals surface area contributed by atoms with Crippen LogP contribution in [-0.2, 0) is 0 Å². The predicted molar refractivity (Wildman–Crippen MR) is 87.0 cm³/mol. The highest BCUT2D eigenvalue weighted by Gasteiger charge is 2.14. The van der Waals surface area contributed by atoms with Gasteiger partial charge in [0.1, 0.15) is 5.69 Å². The third kappa shape index (κ3) is 4.91. The molecule has 0 bridgehead atoms. The van der Waals surface area contributed by atoms with Gasteiger partial charge in [0.25, 0.3) is 0 Å². The van der Waals surface area contributed by atoms with E-state index in [1.807, 2.05) is 20.2 Å². The van der Waals surface area contributed by atoms with Gasteiger partial charge in [-0.05, 0) is 19.4 Å². The molecule has 1 aromatic heterocycles. The van der Waals surface area contributed by atoms with Crippen LogP contribution in [-0.4, -0.2) is 32.2 Å². The van der Waals surface area contributed by atoms with Crippen molar-refractivity contribution in [1.29, 1.82) is 0 Å². The van der Waals surface area contributed by atoms with Gasteiger partial charge >= 0.3 is 0 Å². The second kappa shape index (κ2) is 8.67. The van der Waals surface area contributed by atoms with Gasteiger partial charge in [-0.25, -0.2) is 4.98 Å². The largest absolute Gasteiger partial charge is 0.479 e. The summed E-state index contributed by atoms with van der Waals surface area (Å²) in [5.74, 6) is 0.664. The molecule has 0 saturated heterocycles.